The largest absolute Gasteiger partial charge is 0.416 e. The Morgan fingerprint density at radius 3 is 2.38 bits per heavy atom. The highest BCUT2D eigenvalue weighted by molar-refractivity contribution is 5.42. The summed E-state index contributed by atoms with van der Waals surface area (Å²) in [5.74, 6) is 0.240. The van der Waals surface area contributed by atoms with Gasteiger partial charge < -0.3 is 10.6 Å². The van der Waals surface area contributed by atoms with Crippen LogP contribution in [0.1, 0.15) is 12.0 Å². The summed E-state index contributed by atoms with van der Waals surface area (Å²) in [6, 6.07) is 11.7. The molecule has 0 aliphatic heterocycles. The highest BCUT2D eigenvalue weighted by Gasteiger charge is 2.30. The molecule has 21 heavy (non-hydrogen) atoms. The molecule has 112 valence electrons. The topological polar surface area (TPSA) is 37.0 Å². The second-order valence-electron chi connectivity index (χ2n) is 4.50. The maximum Gasteiger partial charge on any atom is 0.416 e. The van der Waals surface area contributed by atoms with Crippen LogP contribution in [0.15, 0.2) is 48.7 Å². The molecule has 2 rings (SSSR count). The van der Waals surface area contributed by atoms with Crippen molar-refractivity contribution in [2.24, 2.45) is 0 Å². The lowest BCUT2D eigenvalue weighted by Gasteiger charge is -2.10. The molecule has 0 atom stereocenters. The van der Waals surface area contributed by atoms with Crippen molar-refractivity contribution in [3.05, 3.63) is 54.2 Å². The maximum atomic E-state index is 12.5. The number of rotatable bonds is 6. The summed E-state index contributed by atoms with van der Waals surface area (Å²) >= 11 is 0. The molecule has 1 aromatic carbocycles. The van der Waals surface area contributed by atoms with E-state index in [-0.39, 0.29) is 5.82 Å². The zero-order chi connectivity index (χ0) is 15.1. The van der Waals surface area contributed by atoms with Gasteiger partial charge in [-0.1, -0.05) is 18.2 Å². The molecule has 0 unspecified atom stereocenters. The van der Waals surface area contributed by atoms with E-state index in [0.717, 1.165) is 37.0 Å². The number of pyridine rings is 1. The molecule has 0 aliphatic carbocycles. The van der Waals surface area contributed by atoms with E-state index >= 15 is 0 Å². The second kappa shape index (κ2) is 6.97. The highest BCUT2D eigenvalue weighted by atomic mass is 19.4. The Labute approximate surface area is 121 Å². The first-order valence-corrected chi connectivity index (χ1v) is 6.62. The van der Waals surface area contributed by atoms with Crippen molar-refractivity contribution in [3.63, 3.8) is 0 Å². The van der Waals surface area contributed by atoms with Gasteiger partial charge in [-0.2, -0.15) is 13.2 Å². The Kier molecular flexibility index (Phi) is 5.03. The Morgan fingerprint density at radius 2 is 1.67 bits per heavy atom. The van der Waals surface area contributed by atoms with Gasteiger partial charge in [-0.3, -0.25) is 0 Å². The van der Waals surface area contributed by atoms with Gasteiger partial charge >= 0.3 is 6.18 Å². The van der Waals surface area contributed by atoms with Crippen molar-refractivity contribution < 1.29 is 13.2 Å². The van der Waals surface area contributed by atoms with Crippen LogP contribution in [0.5, 0.6) is 0 Å². The van der Waals surface area contributed by atoms with E-state index in [0.29, 0.717) is 6.54 Å². The third kappa shape index (κ3) is 4.98. The number of hydrogen-bond donors (Lipinski definition) is 2. The Hall–Kier alpha value is -2.24. The first kappa shape index (κ1) is 15.2. The van der Waals surface area contributed by atoms with Crippen LogP contribution in [0.25, 0.3) is 0 Å². The van der Waals surface area contributed by atoms with Crippen LogP contribution in [-0.4, -0.2) is 18.1 Å². The van der Waals surface area contributed by atoms with E-state index in [2.05, 4.69) is 15.6 Å². The molecular weight excluding hydrogens is 279 g/mol. The van der Waals surface area contributed by atoms with E-state index in [1.54, 1.807) is 0 Å². The number of aromatic nitrogens is 1. The average molecular weight is 295 g/mol. The molecule has 0 fully saturated rings. The fourth-order valence-corrected chi connectivity index (χ4v) is 1.80. The van der Waals surface area contributed by atoms with Crippen molar-refractivity contribution in [1.82, 2.24) is 4.98 Å². The lowest BCUT2D eigenvalue weighted by atomic mass is 10.2. The van der Waals surface area contributed by atoms with Gasteiger partial charge in [0, 0.05) is 25.0 Å². The number of nitrogens with zero attached hydrogens (tertiary/aromatic N) is 1. The SMILES string of the molecule is FC(F)(F)c1ccnc(NCCCNc2ccccc2)c1. The van der Waals surface area contributed by atoms with Crippen LogP contribution in [0.4, 0.5) is 24.7 Å². The minimum absolute atomic E-state index is 0.240. The number of benzene rings is 1. The van der Waals surface area contributed by atoms with Gasteiger partial charge in [0.05, 0.1) is 5.56 Å². The molecule has 0 amide bonds. The summed E-state index contributed by atoms with van der Waals surface area (Å²) in [7, 11) is 0. The highest BCUT2D eigenvalue weighted by Crippen LogP contribution is 2.29. The smallest absolute Gasteiger partial charge is 0.385 e. The maximum absolute atomic E-state index is 12.5. The minimum atomic E-state index is -4.34. The number of para-hydroxylation sites is 1. The minimum Gasteiger partial charge on any atom is -0.385 e. The molecule has 3 nitrogen and oxygen atoms in total. The zero-order valence-electron chi connectivity index (χ0n) is 11.3. The Bertz CT molecular complexity index is 556. The van der Waals surface area contributed by atoms with E-state index in [4.69, 9.17) is 0 Å². The zero-order valence-corrected chi connectivity index (χ0v) is 11.3. The van der Waals surface area contributed by atoms with E-state index in [1.165, 1.54) is 0 Å². The number of alkyl halides is 3. The molecule has 2 N–H and O–H groups in total. The van der Waals surface area contributed by atoms with Crippen LogP contribution in [0.2, 0.25) is 0 Å². The van der Waals surface area contributed by atoms with Crippen LogP contribution in [-0.2, 0) is 6.18 Å². The summed E-state index contributed by atoms with van der Waals surface area (Å²) in [6.07, 6.45) is -2.41. The fraction of sp³-hybridized carbons (Fsp3) is 0.267. The Balaban J connectivity index is 1.74. The van der Waals surface area contributed by atoms with E-state index < -0.39 is 11.7 Å². The van der Waals surface area contributed by atoms with Gasteiger partial charge in [0.1, 0.15) is 5.82 Å². The Morgan fingerprint density at radius 1 is 0.952 bits per heavy atom. The first-order valence-electron chi connectivity index (χ1n) is 6.62. The molecule has 0 radical (unpaired) electrons. The van der Waals surface area contributed by atoms with Crippen LogP contribution in [0, 0.1) is 0 Å². The number of anilines is 2. The third-order valence-electron chi connectivity index (χ3n) is 2.85. The van der Waals surface area contributed by atoms with Gasteiger partial charge in [0.2, 0.25) is 0 Å². The van der Waals surface area contributed by atoms with Gasteiger partial charge in [0.25, 0.3) is 0 Å². The van der Waals surface area contributed by atoms with Gasteiger partial charge in [-0.05, 0) is 30.7 Å². The third-order valence-corrected chi connectivity index (χ3v) is 2.85. The second-order valence-corrected chi connectivity index (χ2v) is 4.50. The van der Waals surface area contributed by atoms with Gasteiger partial charge in [-0.15, -0.1) is 0 Å². The van der Waals surface area contributed by atoms with Crippen molar-refractivity contribution in [3.8, 4) is 0 Å². The molecule has 0 bridgehead atoms. The standard InChI is InChI=1S/C15H16F3N3/c16-15(17,18)12-7-10-21-14(11-12)20-9-4-8-19-13-5-2-1-3-6-13/h1-3,5-7,10-11,19H,4,8-9H2,(H,20,21). The number of hydrogen-bond acceptors (Lipinski definition) is 3. The predicted octanol–water partition coefficient (Wildman–Crippen LogP) is 4.01. The van der Waals surface area contributed by atoms with Gasteiger partial charge in [-0.25, -0.2) is 4.98 Å². The lowest BCUT2D eigenvalue weighted by Crippen LogP contribution is -2.11. The molecule has 1 heterocycles. The number of halogens is 3. The molecule has 6 heteroatoms. The van der Waals surface area contributed by atoms with Gasteiger partial charge in [0.15, 0.2) is 0 Å². The molecule has 2 aromatic rings. The molecule has 0 spiro atoms. The summed E-state index contributed by atoms with van der Waals surface area (Å²) < 4.78 is 37.6. The molecular formula is C15H16F3N3. The number of nitrogens with one attached hydrogen (secondary N) is 2. The summed E-state index contributed by atoms with van der Waals surface area (Å²) in [4.78, 5) is 3.88. The molecule has 0 aliphatic rings. The van der Waals surface area contributed by atoms with E-state index in [9.17, 15) is 13.2 Å². The van der Waals surface area contributed by atoms with Crippen molar-refractivity contribution in [2.75, 3.05) is 23.7 Å². The fourth-order valence-electron chi connectivity index (χ4n) is 1.80. The summed E-state index contributed by atoms with van der Waals surface area (Å²) in [5.41, 5.74) is 0.331. The van der Waals surface area contributed by atoms with Crippen molar-refractivity contribution in [2.45, 2.75) is 12.6 Å². The van der Waals surface area contributed by atoms with Crippen molar-refractivity contribution in [1.29, 1.82) is 0 Å². The van der Waals surface area contributed by atoms with Crippen LogP contribution < -0.4 is 10.6 Å². The van der Waals surface area contributed by atoms with Crippen LogP contribution >= 0.6 is 0 Å². The average Bonchev–Trinajstić information content (AvgIpc) is 2.47. The normalized spacial score (nSPS) is 11.2. The predicted molar refractivity (Wildman–Crippen MR) is 77.3 cm³/mol. The summed E-state index contributed by atoms with van der Waals surface area (Å²) in [5, 5.41) is 6.12. The molecule has 1 aromatic heterocycles. The quantitative estimate of drug-likeness (QED) is 0.790. The lowest BCUT2D eigenvalue weighted by molar-refractivity contribution is -0.137. The van der Waals surface area contributed by atoms with E-state index in [1.807, 2.05) is 30.3 Å². The van der Waals surface area contributed by atoms with Crippen LogP contribution in [0.3, 0.4) is 0 Å². The summed E-state index contributed by atoms with van der Waals surface area (Å²) in [6.45, 7) is 1.28. The van der Waals surface area contributed by atoms with Crippen molar-refractivity contribution >= 4 is 11.5 Å². The molecule has 0 saturated carbocycles. The molecule has 0 saturated heterocycles. The monoisotopic (exact) mass is 295 g/mol. The first-order chi connectivity index (χ1) is 10.1.